The lowest BCUT2D eigenvalue weighted by Gasteiger charge is -2.12. The van der Waals surface area contributed by atoms with Crippen molar-refractivity contribution in [3.63, 3.8) is 0 Å². The minimum Gasteiger partial charge on any atom is -0.491 e. The summed E-state index contributed by atoms with van der Waals surface area (Å²) in [7, 11) is 0. The Balaban J connectivity index is 1.41. The monoisotopic (exact) mass is 480 g/mol. The fourth-order valence-corrected chi connectivity index (χ4v) is 4.23. The first-order valence-electron chi connectivity index (χ1n) is 11.1. The van der Waals surface area contributed by atoms with E-state index in [9.17, 15) is 10.1 Å². The molecule has 0 unspecified atom stereocenters. The molecular weight excluding hydrogens is 456 g/mol. The van der Waals surface area contributed by atoms with Gasteiger partial charge in [0.2, 0.25) is 0 Å². The van der Waals surface area contributed by atoms with Gasteiger partial charge < -0.3 is 9.30 Å². The average Bonchev–Trinajstić information content (AvgIpc) is 3.53. The molecule has 4 aromatic rings. The van der Waals surface area contributed by atoms with Gasteiger partial charge in [0.15, 0.2) is 5.13 Å². The summed E-state index contributed by atoms with van der Waals surface area (Å²) in [4.78, 5) is 17.2. The highest BCUT2D eigenvalue weighted by Crippen LogP contribution is 2.25. The van der Waals surface area contributed by atoms with Crippen LogP contribution in [0.3, 0.4) is 0 Å². The van der Waals surface area contributed by atoms with Crippen LogP contribution in [0.2, 0.25) is 0 Å². The number of carbonyl (C=O) groups excluding carboxylic acids is 1. The number of nitrogens with zero attached hydrogens (tertiary/aromatic N) is 3. The lowest BCUT2D eigenvalue weighted by molar-refractivity contribution is -0.112. The number of ether oxygens (including phenoxy) is 1. The number of nitrogens with one attached hydrogen (secondary N) is 1. The Kier molecular flexibility index (Phi) is 7.89. The summed E-state index contributed by atoms with van der Waals surface area (Å²) in [6, 6.07) is 23.3. The Labute approximate surface area is 208 Å². The van der Waals surface area contributed by atoms with E-state index >= 15 is 0 Å². The zero-order valence-corrected chi connectivity index (χ0v) is 19.9. The van der Waals surface area contributed by atoms with Crippen molar-refractivity contribution in [2.75, 3.05) is 11.9 Å². The van der Waals surface area contributed by atoms with E-state index in [1.807, 2.05) is 95.0 Å². The van der Waals surface area contributed by atoms with E-state index in [2.05, 4.69) is 16.9 Å². The SMILES string of the molecule is C=CCc1ccccc1OCCn1cccc1C=C(C#N)C(=O)Nc1nc(-c2ccccc2)cs1. The largest absolute Gasteiger partial charge is 0.491 e. The van der Waals surface area contributed by atoms with Crippen LogP contribution >= 0.6 is 11.3 Å². The lowest BCUT2D eigenvalue weighted by atomic mass is 10.1. The van der Waals surface area contributed by atoms with Crippen LogP contribution in [0.4, 0.5) is 5.13 Å². The summed E-state index contributed by atoms with van der Waals surface area (Å²) in [5.74, 6) is 0.330. The molecule has 0 aliphatic rings. The fraction of sp³-hybridized carbons (Fsp3) is 0.107. The maximum absolute atomic E-state index is 12.7. The second kappa shape index (κ2) is 11.6. The quantitative estimate of drug-likeness (QED) is 0.172. The van der Waals surface area contributed by atoms with E-state index in [1.165, 1.54) is 11.3 Å². The molecule has 6 nitrogen and oxygen atoms in total. The molecule has 174 valence electrons. The number of hydrogen-bond acceptors (Lipinski definition) is 5. The summed E-state index contributed by atoms with van der Waals surface area (Å²) in [5.41, 5.74) is 3.56. The Hall–Kier alpha value is -4.41. The van der Waals surface area contributed by atoms with Crippen molar-refractivity contribution in [3.8, 4) is 23.1 Å². The van der Waals surface area contributed by atoms with E-state index in [-0.39, 0.29) is 5.57 Å². The molecule has 1 N–H and O–H groups in total. The van der Waals surface area contributed by atoms with Crippen LogP contribution in [0.1, 0.15) is 11.3 Å². The maximum Gasteiger partial charge on any atom is 0.268 e. The molecule has 0 atom stereocenters. The molecule has 2 aromatic heterocycles. The Morgan fingerprint density at radius 1 is 1.14 bits per heavy atom. The van der Waals surface area contributed by atoms with Crippen molar-refractivity contribution in [1.82, 2.24) is 9.55 Å². The highest BCUT2D eigenvalue weighted by molar-refractivity contribution is 7.14. The Morgan fingerprint density at radius 2 is 1.94 bits per heavy atom. The van der Waals surface area contributed by atoms with Gasteiger partial charge in [-0.1, -0.05) is 54.6 Å². The zero-order chi connectivity index (χ0) is 24.5. The molecule has 2 heterocycles. The van der Waals surface area contributed by atoms with Gasteiger partial charge in [-0.05, 0) is 36.3 Å². The number of hydrogen-bond donors (Lipinski definition) is 1. The van der Waals surface area contributed by atoms with Crippen LogP contribution in [-0.4, -0.2) is 22.1 Å². The van der Waals surface area contributed by atoms with Crippen molar-refractivity contribution in [3.05, 3.63) is 108 Å². The number of aromatic nitrogens is 2. The number of carbonyl (C=O) groups is 1. The minimum atomic E-state index is -0.496. The maximum atomic E-state index is 12.7. The number of para-hydroxylation sites is 1. The van der Waals surface area contributed by atoms with Gasteiger partial charge in [0.05, 0.1) is 12.2 Å². The predicted molar refractivity (Wildman–Crippen MR) is 140 cm³/mol. The molecule has 0 radical (unpaired) electrons. The van der Waals surface area contributed by atoms with Gasteiger partial charge in [0.25, 0.3) is 5.91 Å². The molecule has 0 fully saturated rings. The number of allylic oxidation sites excluding steroid dienone is 1. The molecule has 1 amide bonds. The molecule has 35 heavy (non-hydrogen) atoms. The van der Waals surface area contributed by atoms with E-state index in [0.717, 1.165) is 34.7 Å². The Morgan fingerprint density at radius 3 is 2.74 bits per heavy atom. The summed E-state index contributed by atoms with van der Waals surface area (Å²) in [6.45, 7) is 4.80. The van der Waals surface area contributed by atoms with Crippen LogP contribution in [0.15, 0.2) is 96.5 Å². The minimum absolute atomic E-state index is 0.00124. The molecular formula is C28H24N4O2S. The number of anilines is 1. The third kappa shape index (κ3) is 6.14. The van der Waals surface area contributed by atoms with Gasteiger partial charge in [-0.25, -0.2) is 4.98 Å². The molecule has 7 heteroatoms. The topological polar surface area (TPSA) is 79.9 Å². The van der Waals surface area contributed by atoms with E-state index in [0.29, 0.717) is 18.3 Å². The fourth-order valence-electron chi connectivity index (χ4n) is 3.52. The third-order valence-electron chi connectivity index (χ3n) is 5.24. The molecule has 2 aromatic carbocycles. The van der Waals surface area contributed by atoms with Crippen LogP contribution in [-0.2, 0) is 17.8 Å². The van der Waals surface area contributed by atoms with Crippen LogP contribution in [0.25, 0.3) is 17.3 Å². The molecule has 0 bridgehead atoms. The second-order valence-electron chi connectivity index (χ2n) is 7.60. The van der Waals surface area contributed by atoms with Crippen molar-refractivity contribution >= 4 is 28.5 Å². The molecule has 0 aliphatic carbocycles. The van der Waals surface area contributed by atoms with Crippen molar-refractivity contribution < 1.29 is 9.53 Å². The zero-order valence-electron chi connectivity index (χ0n) is 19.1. The lowest BCUT2D eigenvalue weighted by Crippen LogP contribution is -2.14. The average molecular weight is 481 g/mol. The third-order valence-corrected chi connectivity index (χ3v) is 6.00. The number of thiazole rings is 1. The highest BCUT2D eigenvalue weighted by atomic mass is 32.1. The summed E-state index contributed by atoms with van der Waals surface area (Å²) in [6.07, 6.45) is 6.05. The van der Waals surface area contributed by atoms with Crippen molar-refractivity contribution in [2.45, 2.75) is 13.0 Å². The summed E-state index contributed by atoms with van der Waals surface area (Å²) < 4.78 is 7.92. The van der Waals surface area contributed by atoms with Gasteiger partial charge in [-0.2, -0.15) is 5.26 Å². The van der Waals surface area contributed by atoms with Crippen LogP contribution in [0.5, 0.6) is 5.75 Å². The number of nitriles is 1. The van der Waals surface area contributed by atoms with Crippen LogP contribution < -0.4 is 10.1 Å². The summed E-state index contributed by atoms with van der Waals surface area (Å²) in [5, 5.41) is 14.7. The van der Waals surface area contributed by atoms with Crippen LogP contribution in [0, 0.1) is 11.3 Å². The van der Waals surface area contributed by atoms with E-state index in [1.54, 1.807) is 6.08 Å². The molecule has 0 saturated heterocycles. The normalized spacial score (nSPS) is 11.0. The van der Waals surface area contributed by atoms with Gasteiger partial charge in [0.1, 0.15) is 24.0 Å². The predicted octanol–water partition coefficient (Wildman–Crippen LogP) is 5.96. The molecule has 4 rings (SSSR count). The smallest absolute Gasteiger partial charge is 0.268 e. The Bertz CT molecular complexity index is 1380. The van der Waals surface area contributed by atoms with Crippen molar-refractivity contribution in [2.24, 2.45) is 0 Å². The number of benzene rings is 2. The second-order valence-corrected chi connectivity index (χ2v) is 8.46. The number of rotatable bonds is 10. The first kappa shape index (κ1) is 23.7. The van der Waals surface area contributed by atoms with E-state index in [4.69, 9.17) is 4.74 Å². The van der Waals surface area contributed by atoms with E-state index < -0.39 is 5.91 Å². The van der Waals surface area contributed by atoms with Gasteiger partial charge in [-0.15, -0.1) is 17.9 Å². The molecule has 0 aliphatic heterocycles. The molecule has 0 spiro atoms. The van der Waals surface area contributed by atoms with Gasteiger partial charge >= 0.3 is 0 Å². The number of amides is 1. The van der Waals surface area contributed by atoms with Gasteiger partial charge in [0, 0.05) is 22.8 Å². The standard InChI is InChI=1S/C28H24N4O2S/c1-2-9-22-12-6-7-14-26(22)34-17-16-32-15-8-13-24(32)18-23(19-29)27(33)31-28-30-25(20-35-28)21-10-4-3-5-11-21/h2-8,10-15,18,20H,1,9,16-17H2,(H,30,31,33). The van der Waals surface area contributed by atoms with Gasteiger partial charge in [-0.3, -0.25) is 10.1 Å². The highest BCUT2D eigenvalue weighted by Gasteiger charge is 2.13. The summed E-state index contributed by atoms with van der Waals surface area (Å²) >= 11 is 1.32. The first-order valence-corrected chi connectivity index (χ1v) is 12.0. The van der Waals surface area contributed by atoms with Crippen molar-refractivity contribution in [1.29, 1.82) is 5.26 Å². The molecule has 0 saturated carbocycles. The first-order chi connectivity index (χ1) is 17.2.